The lowest BCUT2D eigenvalue weighted by Crippen LogP contribution is -1.79. The molecule has 5 nitrogen and oxygen atoms in total. The number of aromatic nitrogens is 5. The van der Waals surface area contributed by atoms with Crippen molar-refractivity contribution in [1.82, 2.24) is 25.6 Å². The number of aryl methyl sites for hydroxylation is 1. The molecule has 2 aromatic heterocycles. The van der Waals surface area contributed by atoms with Crippen LogP contribution in [-0.2, 0) is 0 Å². The first kappa shape index (κ1) is 8.16. The van der Waals surface area contributed by atoms with E-state index in [1.54, 1.807) is 6.20 Å². The van der Waals surface area contributed by atoms with Gasteiger partial charge in [-0.3, -0.25) is 5.10 Å². The van der Waals surface area contributed by atoms with Crippen molar-refractivity contribution >= 4 is 10.9 Å². The van der Waals surface area contributed by atoms with Crippen LogP contribution in [0, 0.1) is 6.92 Å². The fraction of sp³-hybridized carbons (Fsp3) is 0.100. The lowest BCUT2D eigenvalue weighted by Gasteiger charge is -1.93. The highest BCUT2D eigenvalue weighted by Gasteiger charge is 2.09. The molecule has 0 aliphatic rings. The fourth-order valence-corrected chi connectivity index (χ4v) is 1.64. The summed E-state index contributed by atoms with van der Waals surface area (Å²) < 4.78 is 0. The summed E-state index contributed by atoms with van der Waals surface area (Å²) in [4.78, 5) is 0. The Morgan fingerprint density at radius 3 is 2.93 bits per heavy atom. The standard InChI is InChI=1S/C10H9N5/c1-6-2-3-8-7(4-6)10(14-12-8)9-5-11-15-13-9/h2-5H,1H3,(H,12,14)(H,11,13,15). The summed E-state index contributed by atoms with van der Waals surface area (Å²) in [6, 6.07) is 6.15. The Morgan fingerprint density at radius 1 is 1.20 bits per heavy atom. The second-order valence-electron chi connectivity index (χ2n) is 3.48. The molecule has 0 spiro atoms. The van der Waals surface area contributed by atoms with Crippen LogP contribution in [0.25, 0.3) is 22.3 Å². The highest BCUT2D eigenvalue weighted by atomic mass is 15.3. The maximum atomic E-state index is 4.23. The van der Waals surface area contributed by atoms with Crippen molar-refractivity contribution in [3.05, 3.63) is 30.0 Å². The fourth-order valence-electron chi connectivity index (χ4n) is 1.64. The van der Waals surface area contributed by atoms with Gasteiger partial charge in [0.15, 0.2) is 0 Å². The lowest BCUT2D eigenvalue weighted by atomic mass is 10.1. The van der Waals surface area contributed by atoms with Crippen molar-refractivity contribution in [2.45, 2.75) is 6.92 Å². The molecule has 0 amide bonds. The smallest absolute Gasteiger partial charge is 0.133 e. The summed E-state index contributed by atoms with van der Waals surface area (Å²) in [5.74, 6) is 0. The molecular formula is C10H9N5. The molecule has 5 heteroatoms. The van der Waals surface area contributed by atoms with Gasteiger partial charge in [0.05, 0.1) is 11.7 Å². The minimum Gasteiger partial charge on any atom is -0.277 e. The summed E-state index contributed by atoms with van der Waals surface area (Å²) in [6.45, 7) is 2.05. The summed E-state index contributed by atoms with van der Waals surface area (Å²) in [5.41, 5.74) is 3.81. The Morgan fingerprint density at radius 2 is 2.13 bits per heavy atom. The van der Waals surface area contributed by atoms with E-state index < -0.39 is 0 Å². The zero-order chi connectivity index (χ0) is 10.3. The van der Waals surface area contributed by atoms with Gasteiger partial charge in [-0.2, -0.15) is 20.5 Å². The average Bonchev–Trinajstić information content (AvgIpc) is 2.83. The van der Waals surface area contributed by atoms with E-state index in [-0.39, 0.29) is 0 Å². The third kappa shape index (κ3) is 1.20. The zero-order valence-electron chi connectivity index (χ0n) is 8.15. The van der Waals surface area contributed by atoms with Crippen LogP contribution >= 0.6 is 0 Å². The molecule has 1 aromatic carbocycles. The number of hydrogen-bond acceptors (Lipinski definition) is 3. The molecule has 0 unspecified atom stereocenters. The van der Waals surface area contributed by atoms with Gasteiger partial charge in [-0.05, 0) is 19.1 Å². The van der Waals surface area contributed by atoms with E-state index in [9.17, 15) is 0 Å². The first-order chi connectivity index (χ1) is 7.34. The van der Waals surface area contributed by atoms with E-state index in [0.29, 0.717) is 0 Å². The number of nitrogens with one attached hydrogen (secondary N) is 2. The van der Waals surface area contributed by atoms with E-state index in [1.165, 1.54) is 5.56 Å². The van der Waals surface area contributed by atoms with Crippen LogP contribution in [0.4, 0.5) is 0 Å². The number of rotatable bonds is 1. The predicted octanol–water partition coefficient (Wildman–Crippen LogP) is 1.66. The van der Waals surface area contributed by atoms with E-state index >= 15 is 0 Å². The van der Waals surface area contributed by atoms with Crippen molar-refractivity contribution < 1.29 is 0 Å². The van der Waals surface area contributed by atoms with Crippen LogP contribution in [-0.4, -0.2) is 25.6 Å². The van der Waals surface area contributed by atoms with Crippen molar-refractivity contribution in [1.29, 1.82) is 0 Å². The van der Waals surface area contributed by atoms with Gasteiger partial charge in [-0.25, -0.2) is 0 Å². The highest BCUT2D eigenvalue weighted by Crippen LogP contribution is 2.24. The Kier molecular flexibility index (Phi) is 1.58. The Labute approximate surface area is 85.5 Å². The molecule has 0 saturated carbocycles. The maximum absolute atomic E-state index is 4.23. The van der Waals surface area contributed by atoms with Crippen molar-refractivity contribution in [3.8, 4) is 11.4 Å². The first-order valence-electron chi connectivity index (χ1n) is 4.65. The normalized spacial score (nSPS) is 11.0. The van der Waals surface area contributed by atoms with Crippen LogP contribution in [0.3, 0.4) is 0 Å². The molecule has 3 aromatic rings. The summed E-state index contributed by atoms with van der Waals surface area (Å²) in [6.07, 6.45) is 1.66. The van der Waals surface area contributed by atoms with Gasteiger partial charge in [0, 0.05) is 5.39 Å². The van der Waals surface area contributed by atoms with Gasteiger partial charge in [0.25, 0.3) is 0 Å². The molecule has 0 atom stereocenters. The summed E-state index contributed by atoms with van der Waals surface area (Å²) >= 11 is 0. The molecule has 74 valence electrons. The Hall–Kier alpha value is -2.17. The van der Waals surface area contributed by atoms with Crippen LogP contribution < -0.4 is 0 Å². The van der Waals surface area contributed by atoms with Crippen molar-refractivity contribution in [3.63, 3.8) is 0 Å². The third-order valence-corrected chi connectivity index (χ3v) is 2.38. The van der Waals surface area contributed by atoms with Gasteiger partial charge in [-0.1, -0.05) is 11.6 Å². The van der Waals surface area contributed by atoms with Crippen LogP contribution in [0.1, 0.15) is 5.56 Å². The maximum Gasteiger partial charge on any atom is 0.133 e. The van der Waals surface area contributed by atoms with Gasteiger partial charge in [-0.15, -0.1) is 0 Å². The molecule has 0 saturated heterocycles. The molecule has 0 bridgehead atoms. The van der Waals surface area contributed by atoms with Gasteiger partial charge in [0.2, 0.25) is 0 Å². The SMILES string of the molecule is Cc1ccc2[nH]nc(-c3cn[nH]n3)c2c1. The number of hydrogen-bond donors (Lipinski definition) is 2. The second-order valence-corrected chi connectivity index (χ2v) is 3.48. The number of aromatic amines is 2. The van der Waals surface area contributed by atoms with Crippen LogP contribution in [0.5, 0.6) is 0 Å². The largest absolute Gasteiger partial charge is 0.277 e. The number of fused-ring (bicyclic) bond motifs is 1. The Balaban J connectivity index is 2.32. The predicted molar refractivity (Wildman–Crippen MR) is 56.2 cm³/mol. The van der Waals surface area contributed by atoms with Gasteiger partial charge < -0.3 is 0 Å². The molecule has 0 aliphatic carbocycles. The van der Waals surface area contributed by atoms with Gasteiger partial charge >= 0.3 is 0 Å². The third-order valence-electron chi connectivity index (χ3n) is 2.38. The van der Waals surface area contributed by atoms with Crippen molar-refractivity contribution in [2.75, 3.05) is 0 Å². The average molecular weight is 199 g/mol. The van der Waals surface area contributed by atoms with Crippen LogP contribution in [0.2, 0.25) is 0 Å². The number of benzene rings is 1. The number of nitrogens with zero attached hydrogens (tertiary/aromatic N) is 3. The molecule has 3 rings (SSSR count). The molecule has 2 heterocycles. The molecule has 0 fully saturated rings. The van der Waals surface area contributed by atoms with E-state index in [2.05, 4.69) is 38.6 Å². The summed E-state index contributed by atoms with van der Waals surface area (Å²) in [5, 5.41) is 18.7. The molecular weight excluding hydrogens is 190 g/mol. The second kappa shape index (κ2) is 2.91. The quantitative estimate of drug-likeness (QED) is 0.626. The van der Waals surface area contributed by atoms with Crippen molar-refractivity contribution in [2.24, 2.45) is 0 Å². The minimum atomic E-state index is 0.756. The van der Waals surface area contributed by atoms with E-state index in [1.807, 2.05) is 12.1 Å². The molecule has 0 aliphatic heterocycles. The highest BCUT2D eigenvalue weighted by molar-refractivity contribution is 5.92. The van der Waals surface area contributed by atoms with Crippen LogP contribution in [0.15, 0.2) is 24.4 Å². The topological polar surface area (TPSA) is 70.2 Å². The zero-order valence-corrected chi connectivity index (χ0v) is 8.15. The van der Waals surface area contributed by atoms with E-state index in [4.69, 9.17) is 0 Å². The summed E-state index contributed by atoms with van der Waals surface area (Å²) in [7, 11) is 0. The first-order valence-corrected chi connectivity index (χ1v) is 4.65. The monoisotopic (exact) mass is 199 g/mol. The number of H-pyrrole nitrogens is 2. The van der Waals surface area contributed by atoms with Gasteiger partial charge in [0.1, 0.15) is 11.4 Å². The molecule has 2 N–H and O–H groups in total. The molecule has 15 heavy (non-hydrogen) atoms. The minimum absolute atomic E-state index is 0.756. The Bertz CT molecular complexity index is 593. The van der Waals surface area contributed by atoms with E-state index in [0.717, 1.165) is 22.3 Å². The molecule has 0 radical (unpaired) electrons. The lowest BCUT2D eigenvalue weighted by molar-refractivity contribution is 0.940.